The van der Waals surface area contributed by atoms with E-state index in [1.54, 1.807) is 6.20 Å². The predicted molar refractivity (Wildman–Crippen MR) is 34.6 cm³/mol. The van der Waals surface area contributed by atoms with E-state index in [0.717, 1.165) is 5.69 Å². The summed E-state index contributed by atoms with van der Waals surface area (Å²) >= 11 is 0. The normalized spacial score (nSPS) is 13.1. The Morgan fingerprint density at radius 3 is 2.78 bits per heavy atom. The standard InChI is InChI=1S/C6H9N3/c1-5(7)6-2-3-8-4-9-6/h2-5H,7H2,1H3/t5-/m0/s1. The van der Waals surface area contributed by atoms with Gasteiger partial charge in [0.15, 0.2) is 0 Å². The van der Waals surface area contributed by atoms with Crippen LogP contribution < -0.4 is 5.73 Å². The van der Waals surface area contributed by atoms with Crippen LogP contribution in [0.4, 0.5) is 0 Å². The Morgan fingerprint density at radius 2 is 2.44 bits per heavy atom. The SMILES string of the molecule is C[C@H](N)c1ccncn1. The lowest BCUT2D eigenvalue weighted by Crippen LogP contribution is -2.06. The van der Waals surface area contributed by atoms with E-state index < -0.39 is 0 Å². The molecule has 3 nitrogen and oxygen atoms in total. The maximum absolute atomic E-state index is 5.52. The van der Waals surface area contributed by atoms with Gasteiger partial charge in [-0.2, -0.15) is 0 Å². The van der Waals surface area contributed by atoms with Gasteiger partial charge in [-0.3, -0.25) is 0 Å². The van der Waals surface area contributed by atoms with Gasteiger partial charge in [0.2, 0.25) is 0 Å². The van der Waals surface area contributed by atoms with Crippen LogP contribution in [0.1, 0.15) is 18.7 Å². The molecule has 0 saturated carbocycles. The first-order chi connectivity index (χ1) is 4.30. The summed E-state index contributed by atoms with van der Waals surface area (Å²) in [4.78, 5) is 7.70. The van der Waals surface area contributed by atoms with Crippen molar-refractivity contribution in [1.82, 2.24) is 9.97 Å². The van der Waals surface area contributed by atoms with Gasteiger partial charge >= 0.3 is 0 Å². The van der Waals surface area contributed by atoms with Crippen LogP contribution in [0, 0.1) is 0 Å². The number of aromatic nitrogens is 2. The molecular weight excluding hydrogens is 114 g/mol. The van der Waals surface area contributed by atoms with Crippen molar-refractivity contribution in [2.24, 2.45) is 5.73 Å². The fourth-order valence-electron chi connectivity index (χ4n) is 0.570. The highest BCUT2D eigenvalue weighted by molar-refractivity contribution is 5.01. The molecule has 1 heterocycles. The van der Waals surface area contributed by atoms with Crippen molar-refractivity contribution in [3.05, 3.63) is 24.3 Å². The highest BCUT2D eigenvalue weighted by atomic mass is 14.8. The van der Waals surface area contributed by atoms with Crippen molar-refractivity contribution in [2.45, 2.75) is 13.0 Å². The Kier molecular flexibility index (Phi) is 1.75. The largest absolute Gasteiger partial charge is 0.323 e. The molecule has 0 aromatic carbocycles. The van der Waals surface area contributed by atoms with Gasteiger partial charge in [-0.1, -0.05) is 0 Å². The number of nitrogens with two attached hydrogens (primary N) is 1. The molecule has 0 amide bonds. The maximum Gasteiger partial charge on any atom is 0.115 e. The average Bonchev–Trinajstić information content (AvgIpc) is 1.90. The predicted octanol–water partition coefficient (Wildman–Crippen LogP) is 0.496. The molecule has 0 bridgehead atoms. The molecule has 0 aliphatic heterocycles. The molecule has 0 aliphatic carbocycles. The van der Waals surface area contributed by atoms with Gasteiger partial charge in [0.25, 0.3) is 0 Å². The lowest BCUT2D eigenvalue weighted by molar-refractivity contribution is 0.774. The lowest BCUT2D eigenvalue weighted by Gasteiger charge is -2.00. The highest BCUT2D eigenvalue weighted by Gasteiger charge is 1.96. The maximum atomic E-state index is 5.52. The second kappa shape index (κ2) is 2.55. The van der Waals surface area contributed by atoms with Gasteiger partial charge in [-0.05, 0) is 13.0 Å². The van der Waals surface area contributed by atoms with E-state index in [1.807, 2.05) is 13.0 Å². The Bertz CT molecular complexity index is 171. The van der Waals surface area contributed by atoms with Crippen molar-refractivity contribution < 1.29 is 0 Å². The molecular formula is C6H9N3. The minimum absolute atomic E-state index is 0.00741. The summed E-state index contributed by atoms with van der Waals surface area (Å²) in [5.74, 6) is 0. The van der Waals surface area contributed by atoms with Crippen molar-refractivity contribution >= 4 is 0 Å². The highest BCUT2D eigenvalue weighted by Crippen LogP contribution is 2.00. The van der Waals surface area contributed by atoms with E-state index in [4.69, 9.17) is 5.73 Å². The van der Waals surface area contributed by atoms with Crippen molar-refractivity contribution in [2.75, 3.05) is 0 Å². The van der Waals surface area contributed by atoms with Crippen molar-refractivity contribution in [3.63, 3.8) is 0 Å². The van der Waals surface area contributed by atoms with Crippen molar-refractivity contribution in [1.29, 1.82) is 0 Å². The second-order valence-electron chi connectivity index (χ2n) is 1.92. The minimum Gasteiger partial charge on any atom is -0.323 e. The molecule has 1 aromatic rings. The summed E-state index contributed by atoms with van der Waals surface area (Å²) in [7, 11) is 0. The summed E-state index contributed by atoms with van der Waals surface area (Å²) in [6, 6.07) is 1.82. The topological polar surface area (TPSA) is 51.8 Å². The molecule has 0 fully saturated rings. The molecule has 0 unspecified atom stereocenters. The monoisotopic (exact) mass is 123 g/mol. The van der Waals surface area contributed by atoms with E-state index in [-0.39, 0.29) is 6.04 Å². The zero-order valence-electron chi connectivity index (χ0n) is 5.28. The third-order valence-corrected chi connectivity index (χ3v) is 1.07. The first-order valence-corrected chi connectivity index (χ1v) is 2.82. The van der Waals surface area contributed by atoms with E-state index >= 15 is 0 Å². The molecule has 2 N–H and O–H groups in total. The summed E-state index contributed by atoms with van der Waals surface area (Å²) in [5, 5.41) is 0. The first kappa shape index (κ1) is 6.16. The Balaban J connectivity index is 2.85. The molecule has 0 aliphatic rings. The van der Waals surface area contributed by atoms with Crippen LogP contribution in [0.3, 0.4) is 0 Å². The molecule has 48 valence electrons. The fourth-order valence-corrected chi connectivity index (χ4v) is 0.570. The molecule has 3 heteroatoms. The van der Waals surface area contributed by atoms with Crippen LogP contribution in [0.5, 0.6) is 0 Å². The second-order valence-corrected chi connectivity index (χ2v) is 1.92. The summed E-state index contributed by atoms with van der Waals surface area (Å²) in [6.45, 7) is 1.89. The summed E-state index contributed by atoms with van der Waals surface area (Å²) < 4.78 is 0. The van der Waals surface area contributed by atoms with Crippen molar-refractivity contribution in [3.8, 4) is 0 Å². The van der Waals surface area contributed by atoms with E-state index in [0.29, 0.717) is 0 Å². The molecule has 0 radical (unpaired) electrons. The van der Waals surface area contributed by atoms with Crippen LogP contribution in [0.2, 0.25) is 0 Å². The average molecular weight is 123 g/mol. The molecule has 0 spiro atoms. The van der Waals surface area contributed by atoms with Crippen LogP contribution in [-0.4, -0.2) is 9.97 Å². The minimum atomic E-state index is 0.00741. The smallest absolute Gasteiger partial charge is 0.115 e. The van der Waals surface area contributed by atoms with Gasteiger partial charge in [0.1, 0.15) is 6.33 Å². The third-order valence-electron chi connectivity index (χ3n) is 1.07. The van der Waals surface area contributed by atoms with Gasteiger partial charge < -0.3 is 5.73 Å². The number of hydrogen-bond donors (Lipinski definition) is 1. The van der Waals surface area contributed by atoms with Gasteiger partial charge in [0, 0.05) is 12.2 Å². The molecule has 1 atom stereocenters. The molecule has 9 heavy (non-hydrogen) atoms. The van der Waals surface area contributed by atoms with Crippen LogP contribution in [0.25, 0.3) is 0 Å². The number of nitrogens with zero attached hydrogens (tertiary/aromatic N) is 2. The van der Waals surface area contributed by atoms with E-state index in [2.05, 4.69) is 9.97 Å². The zero-order valence-corrected chi connectivity index (χ0v) is 5.28. The first-order valence-electron chi connectivity index (χ1n) is 2.82. The number of hydrogen-bond acceptors (Lipinski definition) is 3. The Labute approximate surface area is 53.9 Å². The van der Waals surface area contributed by atoms with Crippen LogP contribution in [-0.2, 0) is 0 Å². The third kappa shape index (κ3) is 1.47. The van der Waals surface area contributed by atoms with Gasteiger partial charge in [-0.25, -0.2) is 9.97 Å². The number of rotatable bonds is 1. The lowest BCUT2D eigenvalue weighted by atomic mass is 10.2. The molecule has 1 rings (SSSR count). The molecule has 0 saturated heterocycles. The molecule has 1 aromatic heterocycles. The van der Waals surface area contributed by atoms with E-state index in [9.17, 15) is 0 Å². The quantitative estimate of drug-likeness (QED) is 0.591. The summed E-state index contributed by atoms with van der Waals surface area (Å²) in [5.41, 5.74) is 6.40. The fraction of sp³-hybridized carbons (Fsp3) is 0.333. The van der Waals surface area contributed by atoms with Gasteiger partial charge in [0.05, 0.1) is 5.69 Å². The van der Waals surface area contributed by atoms with E-state index in [1.165, 1.54) is 6.33 Å². The summed E-state index contributed by atoms with van der Waals surface area (Å²) in [6.07, 6.45) is 3.18. The van der Waals surface area contributed by atoms with Crippen LogP contribution in [0.15, 0.2) is 18.6 Å². The van der Waals surface area contributed by atoms with Gasteiger partial charge in [-0.15, -0.1) is 0 Å². The zero-order chi connectivity index (χ0) is 6.69. The van der Waals surface area contributed by atoms with Crippen LogP contribution >= 0.6 is 0 Å². The Hall–Kier alpha value is -0.960. The Morgan fingerprint density at radius 1 is 1.67 bits per heavy atom.